The van der Waals surface area contributed by atoms with Crippen LogP contribution in [0.15, 0.2) is 6.07 Å². The molecule has 0 aliphatic heterocycles. The molecule has 1 aromatic rings. The molecule has 0 spiro atoms. The first-order valence-corrected chi connectivity index (χ1v) is 5.91. The average Bonchev–Trinajstić information content (AvgIpc) is 3.02. The van der Waals surface area contributed by atoms with E-state index in [0.717, 1.165) is 24.7 Å². The summed E-state index contributed by atoms with van der Waals surface area (Å²) in [6.45, 7) is 6.04. The van der Waals surface area contributed by atoms with Crippen LogP contribution < -0.4 is 4.90 Å². The highest BCUT2D eigenvalue weighted by Crippen LogP contribution is 2.39. The highest BCUT2D eigenvalue weighted by molar-refractivity contribution is 6.29. The Morgan fingerprint density at radius 1 is 1.33 bits per heavy atom. The van der Waals surface area contributed by atoms with Gasteiger partial charge in [0.2, 0.25) is 5.95 Å². The van der Waals surface area contributed by atoms with Crippen LogP contribution in [0.3, 0.4) is 0 Å². The maximum Gasteiger partial charge on any atom is 0.226 e. The molecule has 0 bridgehead atoms. The fourth-order valence-electron chi connectivity index (χ4n) is 1.66. The molecular formula is C11H16ClN3. The summed E-state index contributed by atoms with van der Waals surface area (Å²) in [6, 6.07) is 1.90. The monoisotopic (exact) mass is 225 g/mol. The standard InChI is InChI=1S/C11H16ClN3/c1-3-15(4-2)11-13-9(8-5-6-8)7-10(12)14-11/h7-8H,3-6H2,1-2H3. The van der Waals surface area contributed by atoms with Crippen molar-refractivity contribution in [3.63, 3.8) is 0 Å². The lowest BCUT2D eigenvalue weighted by atomic mass is 10.3. The predicted octanol–water partition coefficient (Wildman–Crippen LogP) is 2.85. The van der Waals surface area contributed by atoms with Gasteiger partial charge >= 0.3 is 0 Å². The van der Waals surface area contributed by atoms with Crippen molar-refractivity contribution in [2.75, 3.05) is 18.0 Å². The minimum Gasteiger partial charge on any atom is -0.341 e. The Morgan fingerprint density at radius 3 is 2.53 bits per heavy atom. The maximum absolute atomic E-state index is 6.00. The van der Waals surface area contributed by atoms with Crippen molar-refractivity contribution in [3.8, 4) is 0 Å². The van der Waals surface area contributed by atoms with Gasteiger partial charge in [-0.3, -0.25) is 0 Å². The van der Waals surface area contributed by atoms with Gasteiger partial charge in [0.25, 0.3) is 0 Å². The number of hydrogen-bond acceptors (Lipinski definition) is 3. The molecule has 0 radical (unpaired) electrons. The second-order valence-electron chi connectivity index (χ2n) is 3.86. The first kappa shape index (κ1) is 10.7. The molecule has 0 aromatic carbocycles. The van der Waals surface area contributed by atoms with E-state index in [1.165, 1.54) is 12.8 Å². The Balaban J connectivity index is 2.29. The van der Waals surface area contributed by atoms with E-state index in [-0.39, 0.29) is 0 Å². The number of nitrogens with zero attached hydrogens (tertiary/aromatic N) is 3. The zero-order chi connectivity index (χ0) is 10.8. The SMILES string of the molecule is CCN(CC)c1nc(Cl)cc(C2CC2)n1. The molecule has 1 aliphatic rings. The lowest BCUT2D eigenvalue weighted by molar-refractivity contribution is 0.809. The molecule has 15 heavy (non-hydrogen) atoms. The van der Waals surface area contributed by atoms with Crippen LogP contribution in [0.2, 0.25) is 5.15 Å². The summed E-state index contributed by atoms with van der Waals surface area (Å²) in [5.41, 5.74) is 1.11. The van der Waals surface area contributed by atoms with Crippen LogP contribution in [0.1, 0.15) is 38.3 Å². The number of rotatable bonds is 4. The molecule has 0 N–H and O–H groups in total. The van der Waals surface area contributed by atoms with E-state index in [9.17, 15) is 0 Å². The molecule has 1 saturated carbocycles. The van der Waals surface area contributed by atoms with Gasteiger partial charge in [-0.25, -0.2) is 9.97 Å². The van der Waals surface area contributed by atoms with Gasteiger partial charge in [0.15, 0.2) is 0 Å². The molecule has 82 valence electrons. The number of hydrogen-bond donors (Lipinski definition) is 0. The molecule has 3 nitrogen and oxygen atoms in total. The molecule has 1 aliphatic carbocycles. The average molecular weight is 226 g/mol. The third-order valence-corrected chi connectivity index (χ3v) is 2.94. The minimum atomic E-state index is 0.564. The van der Waals surface area contributed by atoms with E-state index in [4.69, 9.17) is 11.6 Å². The second kappa shape index (κ2) is 4.35. The molecule has 1 fully saturated rings. The molecule has 2 rings (SSSR count). The smallest absolute Gasteiger partial charge is 0.226 e. The lowest BCUT2D eigenvalue weighted by Crippen LogP contribution is -2.24. The van der Waals surface area contributed by atoms with Gasteiger partial charge in [0, 0.05) is 19.0 Å². The summed E-state index contributed by atoms with van der Waals surface area (Å²) < 4.78 is 0. The van der Waals surface area contributed by atoms with Crippen molar-refractivity contribution in [2.24, 2.45) is 0 Å². The molecule has 0 amide bonds. The molecule has 0 unspecified atom stereocenters. The van der Waals surface area contributed by atoms with Crippen LogP contribution >= 0.6 is 11.6 Å². The van der Waals surface area contributed by atoms with Crippen LogP contribution in [0, 0.1) is 0 Å². The minimum absolute atomic E-state index is 0.564. The van der Waals surface area contributed by atoms with E-state index in [1.54, 1.807) is 0 Å². The van der Waals surface area contributed by atoms with E-state index in [2.05, 4.69) is 28.7 Å². The maximum atomic E-state index is 6.00. The Kier molecular flexibility index (Phi) is 3.10. The Bertz CT molecular complexity index is 346. The summed E-state index contributed by atoms with van der Waals surface area (Å²) in [4.78, 5) is 11.0. The first-order chi connectivity index (χ1) is 7.24. The zero-order valence-electron chi connectivity index (χ0n) is 9.20. The molecular weight excluding hydrogens is 210 g/mol. The fraction of sp³-hybridized carbons (Fsp3) is 0.636. The van der Waals surface area contributed by atoms with E-state index in [0.29, 0.717) is 11.1 Å². The van der Waals surface area contributed by atoms with Crippen molar-refractivity contribution >= 4 is 17.5 Å². The van der Waals surface area contributed by atoms with Crippen molar-refractivity contribution in [1.29, 1.82) is 0 Å². The summed E-state index contributed by atoms with van der Waals surface area (Å²) in [5.74, 6) is 1.40. The highest BCUT2D eigenvalue weighted by Gasteiger charge is 2.26. The Hall–Kier alpha value is -0.830. The normalized spacial score (nSPS) is 15.4. The van der Waals surface area contributed by atoms with E-state index >= 15 is 0 Å². The van der Waals surface area contributed by atoms with Gasteiger partial charge in [-0.1, -0.05) is 11.6 Å². The molecule has 0 atom stereocenters. The van der Waals surface area contributed by atoms with Gasteiger partial charge < -0.3 is 4.90 Å². The van der Waals surface area contributed by atoms with Crippen LogP contribution in [-0.2, 0) is 0 Å². The lowest BCUT2D eigenvalue weighted by Gasteiger charge is -2.19. The van der Waals surface area contributed by atoms with Crippen molar-refractivity contribution in [3.05, 3.63) is 16.9 Å². The predicted molar refractivity (Wildman–Crippen MR) is 62.6 cm³/mol. The Labute approximate surface area is 95.5 Å². The van der Waals surface area contributed by atoms with Crippen LogP contribution in [0.5, 0.6) is 0 Å². The third-order valence-electron chi connectivity index (χ3n) is 2.74. The van der Waals surface area contributed by atoms with E-state index < -0.39 is 0 Å². The molecule has 0 saturated heterocycles. The molecule has 1 aromatic heterocycles. The molecule has 1 heterocycles. The van der Waals surface area contributed by atoms with Crippen molar-refractivity contribution < 1.29 is 0 Å². The second-order valence-corrected chi connectivity index (χ2v) is 4.25. The van der Waals surface area contributed by atoms with Crippen LogP contribution in [0.4, 0.5) is 5.95 Å². The zero-order valence-corrected chi connectivity index (χ0v) is 9.96. The van der Waals surface area contributed by atoms with Gasteiger partial charge in [-0.05, 0) is 32.8 Å². The van der Waals surface area contributed by atoms with Crippen LogP contribution in [-0.4, -0.2) is 23.1 Å². The van der Waals surface area contributed by atoms with Gasteiger partial charge in [-0.2, -0.15) is 0 Å². The number of halogens is 1. The number of aromatic nitrogens is 2. The summed E-state index contributed by atoms with van der Waals surface area (Å²) in [6.07, 6.45) is 2.48. The topological polar surface area (TPSA) is 29.0 Å². The van der Waals surface area contributed by atoms with Gasteiger partial charge in [-0.15, -0.1) is 0 Å². The Morgan fingerprint density at radius 2 is 2.00 bits per heavy atom. The molecule has 4 heteroatoms. The highest BCUT2D eigenvalue weighted by atomic mass is 35.5. The van der Waals surface area contributed by atoms with Crippen molar-refractivity contribution in [1.82, 2.24) is 9.97 Å². The first-order valence-electron chi connectivity index (χ1n) is 5.54. The number of anilines is 1. The van der Waals surface area contributed by atoms with Gasteiger partial charge in [0.1, 0.15) is 5.15 Å². The van der Waals surface area contributed by atoms with E-state index in [1.807, 2.05) is 6.07 Å². The summed E-state index contributed by atoms with van der Waals surface area (Å²) in [7, 11) is 0. The van der Waals surface area contributed by atoms with Gasteiger partial charge in [0.05, 0.1) is 5.69 Å². The summed E-state index contributed by atoms with van der Waals surface area (Å²) >= 11 is 6.00. The largest absolute Gasteiger partial charge is 0.341 e. The quantitative estimate of drug-likeness (QED) is 0.738. The summed E-state index contributed by atoms with van der Waals surface area (Å²) in [5, 5.41) is 0.564. The van der Waals surface area contributed by atoms with Crippen molar-refractivity contribution in [2.45, 2.75) is 32.6 Å². The fourth-order valence-corrected chi connectivity index (χ4v) is 1.85. The third kappa shape index (κ3) is 2.40. The van der Waals surface area contributed by atoms with Crippen LogP contribution in [0.25, 0.3) is 0 Å².